The summed E-state index contributed by atoms with van der Waals surface area (Å²) in [6, 6.07) is 12.5. The minimum atomic E-state index is -0.266. The van der Waals surface area contributed by atoms with E-state index in [4.69, 9.17) is 4.74 Å². The predicted octanol–water partition coefficient (Wildman–Crippen LogP) is 3.41. The molecular weight excluding hydrogens is 254 g/mol. The van der Waals surface area contributed by atoms with Crippen molar-refractivity contribution in [2.45, 2.75) is 13.3 Å². The molecule has 5 nitrogen and oxygen atoms in total. The van der Waals surface area contributed by atoms with E-state index in [-0.39, 0.29) is 6.03 Å². The number of nitrogens with one attached hydrogen (secondary N) is 2. The van der Waals surface area contributed by atoms with Crippen molar-refractivity contribution >= 4 is 11.7 Å². The molecule has 2 rings (SSSR count). The average Bonchev–Trinajstić information content (AvgIpc) is 2.48. The number of aromatic nitrogens is 1. The summed E-state index contributed by atoms with van der Waals surface area (Å²) in [4.78, 5) is 15.8. The molecule has 0 unspecified atom stereocenters. The molecule has 104 valence electrons. The van der Waals surface area contributed by atoms with Crippen LogP contribution in [0.5, 0.6) is 11.6 Å². The van der Waals surface area contributed by atoms with Crippen molar-refractivity contribution < 1.29 is 9.53 Å². The number of carbonyl (C=O) groups is 1. The Morgan fingerprint density at radius 3 is 2.75 bits per heavy atom. The SMILES string of the molecule is CCCNC(=O)Nc1cccnc1Oc1ccccc1. The van der Waals surface area contributed by atoms with Gasteiger partial charge in [-0.2, -0.15) is 0 Å². The molecule has 0 radical (unpaired) electrons. The summed E-state index contributed by atoms with van der Waals surface area (Å²) in [5.74, 6) is 1.04. The van der Waals surface area contributed by atoms with Gasteiger partial charge in [-0.25, -0.2) is 9.78 Å². The zero-order valence-corrected chi connectivity index (χ0v) is 11.3. The summed E-state index contributed by atoms with van der Waals surface area (Å²) in [5.41, 5.74) is 0.532. The first kappa shape index (κ1) is 13.9. The molecule has 0 aliphatic carbocycles. The quantitative estimate of drug-likeness (QED) is 0.876. The summed E-state index contributed by atoms with van der Waals surface area (Å²) in [5, 5.41) is 5.47. The number of para-hydroxylation sites is 1. The van der Waals surface area contributed by atoms with Gasteiger partial charge in [0.1, 0.15) is 11.4 Å². The number of hydrogen-bond donors (Lipinski definition) is 2. The number of hydrogen-bond acceptors (Lipinski definition) is 3. The summed E-state index contributed by atoms with van der Waals surface area (Å²) >= 11 is 0. The number of amides is 2. The lowest BCUT2D eigenvalue weighted by molar-refractivity contribution is 0.252. The Hall–Kier alpha value is -2.56. The van der Waals surface area contributed by atoms with E-state index in [2.05, 4.69) is 15.6 Å². The van der Waals surface area contributed by atoms with Crippen LogP contribution < -0.4 is 15.4 Å². The van der Waals surface area contributed by atoms with Crippen LogP contribution in [-0.2, 0) is 0 Å². The Morgan fingerprint density at radius 1 is 1.20 bits per heavy atom. The Balaban J connectivity index is 2.08. The highest BCUT2D eigenvalue weighted by atomic mass is 16.5. The third-order valence-electron chi connectivity index (χ3n) is 2.51. The first-order valence-electron chi connectivity index (χ1n) is 6.52. The van der Waals surface area contributed by atoms with Crippen molar-refractivity contribution in [3.05, 3.63) is 48.7 Å². The second kappa shape index (κ2) is 7.13. The molecule has 0 aliphatic rings. The number of rotatable bonds is 5. The molecule has 0 saturated heterocycles. The standard InChI is InChI=1S/C15H17N3O2/c1-2-10-17-15(19)18-13-9-6-11-16-14(13)20-12-7-4-3-5-8-12/h3-9,11H,2,10H2,1H3,(H2,17,18,19). The highest BCUT2D eigenvalue weighted by molar-refractivity contribution is 5.90. The topological polar surface area (TPSA) is 63.2 Å². The summed E-state index contributed by atoms with van der Waals surface area (Å²) in [6.07, 6.45) is 2.50. The van der Waals surface area contributed by atoms with Crippen LogP contribution in [0, 0.1) is 0 Å². The van der Waals surface area contributed by atoms with Crippen LogP contribution in [0.3, 0.4) is 0 Å². The lowest BCUT2D eigenvalue weighted by Crippen LogP contribution is -2.29. The number of nitrogens with zero attached hydrogens (tertiary/aromatic N) is 1. The van der Waals surface area contributed by atoms with Gasteiger partial charge in [0, 0.05) is 12.7 Å². The number of urea groups is 1. The number of benzene rings is 1. The summed E-state index contributed by atoms with van der Waals surface area (Å²) in [6.45, 7) is 2.62. The smallest absolute Gasteiger partial charge is 0.319 e. The van der Waals surface area contributed by atoms with Gasteiger partial charge in [-0.3, -0.25) is 0 Å². The number of carbonyl (C=O) groups excluding carboxylic acids is 1. The van der Waals surface area contributed by atoms with Crippen molar-refractivity contribution in [3.63, 3.8) is 0 Å². The molecule has 1 heterocycles. The van der Waals surface area contributed by atoms with Gasteiger partial charge in [0.2, 0.25) is 5.88 Å². The summed E-state index contributed by atoms with van der Waals surface area (Å²) < 4.78 is 5.66. The van der Waals surface area contributed by atoms with Crippen LogP contribution in [0.25, 0.3) is 0 Å². The Kier molecular flexibility index (Phi) is 4.94. The minimum Gasteiger partial charge on any atom is -0.437 e. The fourth-order valence-corrected chi connectivity index (χ4v) is 1.57. The molecule has 0 saturated carbocycles. The molecule has 5 heteroatoms. The number of ether oxygens (including phenoxy) is 1. The maximum absolute atomic E-state index is 11.7. The van der Waals surface area contributed by atoms with Gasteiger partial charge in [-0.1, -0.05) is 25.1 Å². The largest absolute Gasteiger partial charge is 0.437 e. The van der Waals surface area contributed by atoms with E-state index in [9.17, 15) is 4.79 Å². The van der Waals surface area contributed by atoms with Crippen LogP contribution in [-0.4, -0.2) is 17.6 Å². The van der Waals surface area contributed by atoms with Gasteiger partial charge in [0.15, 0.2) is 0 Å². The first-order chi connectivity index (χ1) is 9.79. The van der Waals surface area contributed by atoms with Crippen molar-refractivity contribution in [2.24, 2.45) is 0 Å². The van der Waals surface area contributed by atoms with E-state index in [0.717, 1.165) is 6.42 Å². The molecule has 0 spiro atoms. The monoisotopic (exact) mass is 271 g/mol. The zero-order chi connectivity index (χ0) is 14.2. The minimum absolute atomic E-state index is 0.266. The first-order valence-corrected chi connectivity index (χ1v) is 6.52. The lowest BCUT2D eigenvalue weighted by Gasteiger charge is -2.11. The fourth-order valence-electron chi connectivity index (χ4n) is 1.57. The molecular formula is C15H17N3O2. The van der Waals surface area contributed by atoms with Gasteiger partial charge in [-0.15, -0.1) is 0 Å². The normalized spacial score (nSPS) is 9.85. The van der Waals surface area contributed by atoms with Crippen molar-refractivity contribution in [2.75, 3.05) is 11.9 Å². The average molecular weight is 271 g/mol. The van der Waals surface area contributed by atoms with E-state index in [1.807, 2.05) is 37.3 Å². The Labute approximate surface area is 118 Å². The molecule has 0 fully saturated rings. The lowest BCUT2D eigenvalue weighted by atomic mass is 10.3. The van der Waals surface area contributed by atoms with Crippen LogP contribution in [0.4, 0.5) is 10.5 Å². The molecule has 2 N–H and O–H groups in total. The molecule has 1 aromatic heterocycles. The van der Waals surface area contributed by atoms with Crippen LogP contribution in [0.15, 0.2) is 48.7 Å². The zero-order valence-electron chi connectivity index (χ0n) is 11.3. The van der Waals surface area contributed by atoms with E-state index < -0.39 is 0 Å². The third-order valence-corrected chi connectivity index (χ3v) is 2.51. The van der Waals surface area contributed by atoms with Gasteiger partial charge in [-0.05, 0) is 30.7 Å². The fraction of sp³-hybridized carbons (Fsp3) is 0.200. The third kappa shape index (κ3) is 3.98. The Morgan fingerprint density at radius 2 is 2.00 bits per heavy atom. The molecule has 2 amide bonds. The molecule has 0 bridgehead atoms. The van der Waals surface area contributed by atoms with Crippen LogP contribution in [0.2, 0.25) is 0 Å². The van der Waals surface area contributed by atoms with Crippen molar-refractivity contribution in [1.29, 1.82) is 0 Å². The predicted molar refractivity (Wildman–Crippen MR) is 78.1 cm³/mol. The second-order valence-corrected chi connectivity index (χ2v) is 4.15. The summed E-state index contributed by atoms with van der Waals surface area (Å²) in [7, 11) is 0. The molecule has 1 aromatic carbocycles. The van der Waals surface area contributed by atoms with Gasteiger partial charge in [0.25, 0.3) is 0 Å². The molecule has 20 heavy (non-hydrogen) atoms. The Bertz CT molecular complexity index is 558. The van der Waals surface area contributed by atoms with Crippen molar-refractivity contribution in [1.82, 2.24) is 10.3 Å². The maximum atomic E-state index is 11.7. The molecule has 0 atom stereocenters. The molecule has 0 aliphatic heterocycles. The number of pyridine rings is 1. The highest BCUT2D eigenvalue weighted by Gasteiger charge is 2.08. The van der Waals surface area contributed by atoms with E-state index in [0.29, 0.717) is 23.9 Å². The van der Waals surface area contributed by atoms with E-state index >= 15 is 0 Å². The van der Waals surface area contributed by atoms with E-state index in [1.165, 1.54) is 0 Å². The second-order valence-electron chi connectivity index (χ2n) is 4.15. The maximum Gasteiger partial charge on any atom is 0.319 e. The van der Waals surface area contributed by atoms with E-state index in [1.54, 1.807) is 18.3 Å². The van der Waals surface area contributed by atoms with Crippen molar-refractivity contribution in [3.8, 4) is 11.6 Å². The number of anilines is 1. The van der Waals surface area contributed by atoms with Crippen LogP contribution in [0.1, 0.15) is 13.3 Å². The molecule has 2 aromatic rings. The van der Waals surface area contributed by atoms with Gasteiger partial charge in [0.05, 0.1) is 0 Å². The van der Waals surface area contributed by atoms with Gasteiger partial charge >= 0.3 is 6.03 Å². The highest BCUT2D eigenvalue weighted by Crippen LogP contribution is 2.26. The van der Waals surface area contributed by atoms with Crippen LogP contribution >= 0.6 is 0 Å². The van der Waals surface area contributed by atoms with Gasteiger partial charge < -0.3 is 15.4 Å².